The number of esters is 1. The molecule has 1 fully saturated rings. The maximum Gasteiger partial charge on any atom is 0.419 e. The maximum atomic E-state index is 13.8. The minimum atomic E-state index is -0.763. The number of hydrogen-bond donors (Lipinski definition) is 0. The Hall–Kier alpha value is -3.71. The summed E-state index contributed by atoms with van der Waals surface area (Å²) in [5.74, 6) is -1.04. The molecule has 6 nitrogen and oxygen atoms in total. The number of ether oxygens (including phenoxy) is 2. The van der Waals surface area contributed by atoms with Crippen LogP contribution < -0.4 is 4.90 Å². The first kappa shape index (κ1) is 25.4. The van der Waals surface area contributed by atoms with E-state index in [2.05, 4.69) is 0 Å². The van der Waals surface area contributed by atoms with E-state index in [1.807, 2.05) is 19.1 Å². The number of benzene rings is 3. The molecule has 186 valence electrons. The van der Waals surface area contributed by atoms with Crippen LogP contribution in [0.25, 0.3) is 0 Å². The summed E-state index contributed by atoms with van der Waals surface area (Å²) >= 11 is 6.51. The molecular formula is C28H25ClFNO5. The molecule has 1 aliphatic rings. The lowest BCUT2D eigenvalue weighted by Gasteiger charge is -2.24. The van der Waals surface area contributed by atoms with Gasteiger partial charge in [-0.15, -0.1) is 0 Å². The summed E-state index contributed by atoms with van der Waals surface area (Å²) < 4.78 is 24.2. The summed E-state index contributed by atoms with van der Waals surface area (Å²) in [5, 5.41) is 0.150. The summed E-state index contributed by atoms with van der Waals surface area (Å²) in [6.07, 6.45) is 0.875. The quantitative estimate of drug-likeness (QED) is 0.195. The van der Waals surface area contributed by atoms with Crippen LogP contribution in [0.5, 0.6) is 0 Å². The van der Waals surface area contributed by atoms with Crippen LogP contribution in [0.2, 0.25) is 5.02 Å². The van der Waals surface area contributed by atoms with Crippen LogP contribution in [0.15, 0.2) is 60.7 Å². The SMILES string of the molecule is Cc1ccccc1C(=O)c1ccc(N(C(=O)OCCOC(=O)C2CC2)c2ccc(F)cc2C)cc1Cl. The zero-order valence-corrected chi connectivity index (χ0v) is 20.7. The Morgan fingerprint density at radius 3 is 2.31 bits per heavy atom. The molecule has 1 saturated carbocycles. The van der Waals surface area contributed by atoms with E-state index < -0.39 is 11.9 Å². The monoisotopic (exact) mass is 509 g/mol. The first-order valence-corrected chi connectivity index (χ1v) is 11.9. The Kier molecular flexibility index (Phi) is 7.70. The van der Waals surface area contributed by atoms with Gasteiger partial charge in [0.25, 0.3) is 0 Å². The molecule has 36 heavy (non-hydrogen) atoms. The second-order valence-corrected chi connectivity index (χ2v) is 9.04. The largest absolute Gasteiger partial charge is 0.462 e. The Balaban J connectivity index is 1.59. The van der Waals surface area contributed by atoms with Gasteiger partial charge in [-0.2, -0.15) is 0 Å². The van der Waals surface area contributed by atoms with Gasteiger partial charge < -0.3 is 9.47 Å². The summed E-state index contributed by atoms with van der Waals surface area (Å²) in [4.78, 5) is 39.1. The minimum Gasteiger partial charge on any atom is -0.462 e. The van der Waals surface area contributed by atoms with Crippen LogP contribution in [0, 0.1) is 25.6 Å². The highest BCUT2D eigenvalue weighted by molar-refractivity contribution is 6.35. The molecule has 0 unspecified atom stereocenters. The van der Waals surface area contributed by atoms with Crippen molar-refractivity contribution in [1.29, 1.82) is 0 Å². The van der Waals surface area contributed by atoms with Crippen molar-refractivity contribution in [3.05, 3.63) is 93.8 Å². The van der Waals surface area contributed by atoms with Gasteiger partial charge in [0.15, 0.2) is 5.78 Å². The molecule has 0 atom stereocenters. The van der Waals surface area contributed by atoms with Crippen molar-refractivity contribution in [2.45, 2.75) is 26.7 Å². The zero-order valence-electron chi connectivity index (χ0n) is 19.9. The number of anilines is 2. The van der Waals surface area contributed by atoms with E-state index in [0.29, 0.717) is 22.5 Å². The summed E-state index contributed by atoms with van der Waals surface area (Å²) in [6.45, 7) is 3.29. The molecule has 0 bridgehead atoms. The summed E-state index contributed by atoms with van der Waals surface area (Å²) in [6, 6.07) is 15.8. The van der Waals surface area contributed by atoms with Crippen molar-refractivity contribution in [2.75, 3.05) is 18.1 Å². The maximum absolute atomic E-state index is 13.8. The predicted octanol–water partition coefficient (Wildman–Crippen LogP) is 6.55. The standard InChI is InChI=1S/C28H25ClFNO5/c1-17-5-3-4-6-22(17)26(32)23-11-10-21(16-24(23)29)31(25-12-9-20(30)15-18(25)2)28(34)36-14-13-35-27(33)19-7-8-19/h3-6,9-12,15-16,19H,7-8,13-14H2,1-2H3. The average Bonchev–Trinajstić information content (AvgIpc) is 3.69. The van der Waals surface area contributed by atoms with Gasteiger partial charge in [0.2, 0.25) is 0 Å². The van der Waals surface area contributed by atoms with Crippen LogP contribution in [0.4, 0.5) is 20.6 Å². The van der Waals surface area contributed by atoms with E-state index >= 15 is 0 Å². The first-order chi connectivity index (χ1) is 17.3. The van der Waals surface area contributed by atoms with Crippen molar-refractivity contribution in [2.24, 2.45) is 5.92 Å². The van der Waals surface area contributed by atoms with Gasteiger partial charge in [-0.05, 0) is 74.2 Å². The van der Waals surface area contributed by atoms with Crippen LogP contribution >= 0.6 is 11.6 Å². The van der Waals surface area contributed by atoms with Crippen LogP contribution in [0.3, 0.4) is 0 Å². The lowest BCUT2D eigenvalue weighted by Crippen LogP contribution is -2.29. The number of hydrogen-bond acceptors (Lipinski definition) is 5. The number of amides is 1. The fourth-order valence-corrected chi connectivity index (χ4v) is 4.05. The molecule has 0 heterocycles. The zero-order chi connectivity index (χ0) is 25.8. The van der Waals surface area contributed by atoms with Gasteiger partial charge >= 0.3 is 12.1 Å². The molecule has 0 N–H and O–H groups in total. The van der Waals surface area contributed by atoms with E-state index in [9.17, 15) is 18.8 Å². The molecular weight excluding hydrogens is 485 g/mol. The second kappa shape index (κ2) is 10.9. The van der Waals surface area contributed by atoms with Crippen LogP contribution in [0.1, 0.15) is 39.9 Å². The minimum absolute atomic E-state index is 0.0536. The van der Waals surface area contributed by atoms with Gasteiger partial charge in [0, 0.05) is 11.1 Å². The number of carbonyl (C=O) groups is 3. The highest BCUT2D eigenvalue weighted by Crippen LogP contribution is 2.34. The predicted molar refractivity (Wildman–Crippen MR) is 134 cm³/mol. The smallest absolute Gasteiger partial charge is 0.419 e. The van der Waals surface area contributed by atoms with Crippen molar-refractivity contribution < 1.29 is 28.2 Å². The third-order valence-electron chi connectivity index (χ3n) is 5.89. The van der Waals surface area contributed by atoms with Crippen LogP contribution in [-0.2, 0) is 14.3 Å². The molecule has 1 aliphatic carbocycles. The Labute approximate surface area is 213 Å². The number of nitrogens with zero attached hydrogens (tertiary/aromatic N) is 1. The summed E-state index contributed by atoms with van der Waals surface area (Å²) in [5.41, 5.74) is 2.83. The Morgan fingerprint density at radius 1 is 0.917 bits per heavy atom. The summed E-state index contributed by atoms with van der Waals surface area (Å²) in [7, 11) is 0. The number of ketones is 1. The van der Waals surface area contributed by atoms with Crippen LogP contribution in [-0.4, -0.2) is 31.1 Å². The topological polar surface area (TPSA) is 72.9 Å². The highest BCUT2D eigenvalue weighted by Gasteiger charge is 2.31. The van der Waals surface area contributed by atoms with Gasteiger partial charge in [-0.1, -0.05) is 35.9 Å². The molecule has 8 heteroatoms. The van der Waals surface area contributed by atoms with Gasteiger partial charge in [-0.3, -0.25) is 9.59 Å². The average molecular weight is 510 g/mol. The Bertz CT molecular complexity index is 1320. The van der Waals surface area contributed by atoms with Gasteiger partial charge in [0.05, 0.1) is 22.3 Å². The molecule has 1 amide bonds. The molecule has 0 saturated heterocycles. The molecule has 0 spiro atoms. The van der Waals surface area contributed by atoms with Crippen molar-refractivity contribution in [3.63, 3.8) is 0 Å². The lowest BCUT2D eigenvalue weighted by molar-refractivity contribution is -0.146. The lowest BCUT2D eigenvalue weighted by atomic mass is 9.99. The molecule has 4 rings (SSSR count). The third kappa shape index (κ3) is 5.74. The number of carbonyl (C=O) groups excluding carboxylic acids is 3. The first-order valence-electron chi connectivity index (χ1n) is 11.6. The van der Waals surface area contributed by atoms with E-state index in [-0.39, 0.29) is 41.5 Å². The molecule has 0 aliphatic heterocycles. The van der Waals surface area contributed by atoms with E-state index in [4.69, 9.17) is 21.1 Å². The van der Waals surface area contributed by atoms with E-state index in [1.165, 1.54) is 29.2 Å². The second-order valence-electron chi connectivity index (χ2n) is 8.63. The normalized spacial score (nSPS) is 12.7. The highest BCUT2D eigenvalue weighted by atomic mass is 35.5. The number of rotatable bonds is 8. The van der Waals surface area contributed by atoms with E-state index in [1.54, 1.807) is 31.2 Å². The molecule has 3 aromatic carbocycles. The number of aryl methyl sites for hydroxylation is 2. The van der Waals surface area contributed by atoms with Crippen molar-refractivity contribution in [3.8, 4) is 0 Å². The van der Waals surface area contributed by atoms with Crippen molar-refractivity contribution in [1.82, 2.24) is 0 Å². The third-order valence-corrected chi connectivity index (χ3v) is 6.20. The van der Waals surface area contributed by atoms with Gasteiger partial charge in [-0.25, -0.2) is 14.1 Å². The van der Waals surface area contributed by atoms with Gasteiger partial charge in [0.1, 0.15) is 19.0 Å². The van der Waals surface area contributed by atoms with Crippen molar-refractivity contribution >= 4 is 40.8 Å². The fraction of sp³-hybridized carbons (Fsp3) is 0.250. The molecule has 0 radical (unpaired) electrons. The van der Waals surface area contributed by atoms with E-state index in [0.717, 1.165) is 18.4 Å². The fourth-order valence-electron chi connectivity index (χ4n) is 3.79. The Morgan fingerprint density at radius 2 is 1.64 bits per heavy atom. The molecule has 0 aromatic heterocycles. The number of halogens is 2. The molecule has 3 aromatic rings.